The van der Waals surface area contributed by atoms with Crippen molar-refractivity contribution in [3.05, 3.63) is 182 Å². The van der Waals surface area contributed by atoms with Crippen molar-refractivity contribution in [3.8, 4) is 39.9 Å². The molecule has 246 valence electrons. The van der Waals surface area contributed by atoms with Gasteiger partial charge in [0.25, 0.3) is 0 Å². The van der Waals surface area contributed by atoms with Gasteiger partial charge in [-0.05, 0) is 73.4 Å². The van der Waals surface area contributed by atoms with Crippen LogP contribution in [0.5, 0.6) is 0 Å². The maximum absolute atomic E-state index is 5.31. The van der Waals surface area contributed by atoms with E-state index in [0.29, 0.717) is 17.5 Å². The van der Waals surface area contributed by atoms with Gasteiger partial charge in [-0.3, -0.25) is 0 Å². The van der Waals surface area contributed by atoms with Crippen LogP contribution in [-0.2, 0) is 0 Å². The number of hydrogen-bond donors (Lipinski definition) is 0. The van der Waals surface area contributed by atoms with Gasteiger partial charge >= 0.3 is 0 Å². The molecule has 4 heteroatoms. The summed E-state index contributed by atoms with van der Waals surface area (Å²) >= 11 is 0. The molecule has 2 heterocycles. The third-order valence-electron chi connectivity index (χ3n) is 10.6. The lowest BCUT2D eigenvalue weighted by Gasteiger charge is -2.14. The van der Waals surface area contributed by atoms with Gasteiger partial charge in [0.15, 0.2) is 17.5 Å². The lowest BCUT2D eigenvalue weighted by atomic mass is 9.93. The summed E-state index contributed by atoms with van der Waals surface area (Å²) in [5, 5.41) is 11.8. The normalized spacial score (nSPS) is 11.8. The Morgan fingerprint density at radius 1 is 0.302 bits per heavy atom. The van der Waals surface area contributed by atoms with Gasteiger partial charge in [0.1, 0.15) is 0 Å². The van der Waals surface area contributed by atoms with Crippen molar-refractivity contribution in [2.75, 3.05) is 0 Å². The summed E-state index contributed by atoms with van der Waals surface area (Å²) in [5.74, 6) is 1.94. The zero-order valence-corrected chi connectivity index (χ0v) is 28.6. The highest BCUT2D eigenvalue weighted by Crippen LogP contribution is 2.39. The molecule has 0 saturated heterocycles. The van der Waals surface area contributed by atoms with E-state index in [1.54, 1.807) is 0 Å². The van der Waals surface area contributed by atoms with E-state index in [4.69, 9.17) is 15.0 Å². The molecular weight excluding hydrogens is 645 g/mol. The van der Waals surface area contributed by atoms with Gasteiger partial charge in [-0.2, -0.15) is 0 Å². The van der Waals surface area contributed by atoms with Gasteiger partial charge in [-0.1, -0.05) is 152 Å². The van der Waals surface area contributed by atoms with Crippen LogP contribution in [0.2, 0.25) is 0 Å². The molecule has 0 N–H and O–H groups in total. The number of para-hydroxylation sites is 2. The average Bonchev–Trinajstić information content (AvgIpc) is 3.57. The minimum atomic E-state index is 0.645. The fourth-order valence-electron chi connectivity index (χ4n) is 8.18. The Bertz CT molecular complexity index is 3180. The fraction of sp³-hybridized carbons (Fsp3) is 0. The number of benzene rings is 9. The molecule has 11 rings (SSSR count). The van der Waals surface area contributed by atoms with Crippen molar-refractivity contribution < 1.29 is 0 Å². The number of fused-ring (bicyclic) bond motifs is 9. The van der Waals surface area contributed by atoms with Crippen LogP contribution in [0.25, 0.3) is 105 Å². The largest absolute Gasteiger partial charge is 0.309 e. The van der Waals surface area contributed by atoms with Gasteiger partial charge in [-0.15, -0.1) is 0 Å². The zero-order valence-electron chi connectivity index (χ0n) is 28.6. The Morgan fingerprint density at radius 2 is 0.868 bits per heavy atom. The SMILES string of the molecule is c1ccc(-c2nc(-c3cccc4cc(-n5c6ccccc6c6ccccc65)ccc34)nc(-c3cc4c5ccccc5ccc4c4ccccc34)n2)cc1. The Morgan fingerprint density at radius 3 is 1.64 bits per heavy atom. The summed E-state index contributed by atoms with van der Waals surface area (Å²) in [6, 6.07) is 64.5. The second-order valence-electron chi connectivity index (χ2n) is 13.6. The summed E-state index contributed by atoms with van der Waals surface area (Å²) in [6.45, 7) is 0. The Hall–Kier alpha value is -7.17. The van der Waals surface area contributed by atoms with Crippen molar-refractivity contribution in [1.29, 1.82) is 0 Å². The minimum Gasteiger partial charge on any atom is -0.309 e. The third-order valence-corrected chi connectivity index (χ3v) is 10.6. The van der Waals surface area contributed by atoms with Gasteiger partial charge < -0.3 is 4.57 Å². The zero-order chi connectivity index (χ0) is 34.9. The summed E-state index contributed by atoms with van der Waals surface area (Å²) in [5.41, 5.74) is 6.39. The minimum absolute atomic E-state index is 0.645. The maximum Gasteiger partial charge on any atom is 0.164 e. The molecule has 0 amide bonds. The van der Waals surface area contributed by atoms with Gasteiger partial charge in [0, 0.05) is 33.2 Å². The van der Waals surface area contributed by atoms with Crippen LogP contribution in [0.3, 0.4) is 0 Å². The third kappa shape index (κ3) is 4.66. The number of rotatable bonds is 4. The van der Waals surface area contributed by atoms with Crippen LogP contribution < -0.4 is 0 Å². The first-order valence-electron chi connectivity index (χ1n) is 18.0. The van der Waals surface area contributed by atoms with E-state index in [1.807, 2.05) is 18.2 Å². The molecule has 9 aromatic carbocycles. The molecule has 0 saturated carbocycles. The van der Waals surface area contributed by atoms with Crippen molar-refractivity contribution in [2.45, 2.75) is 0 Å². The summed E-state index contributed by atoms with van der Waals surface area (Å²) in [4.78, 5) is 15.7. The van der Waals surface area contributed by atoms with Crippen molar-refractivity contribution in [1.82, 2.24) is 19.5 Å². The molecule has 11 aromatic rings. The predicted octanol–water partition coefficient (Wildman–Crippen LogP) is 12.6. The Kier molecular flexibility index (Phi) is 6.52. The molecular formula is C49H30N4. The van der Waals surface area contributed by atoms with Gasteiger partial charge in [0.2, 0.25) is 0 Å². The second-order valence-corrected chi connectivity index (χ2v) is 13.6. The molecule has 0 bridgehead atoms. The van der Waals surface area contributed by atoms with Gasteiger partial charge in [0.05, 0.1) is 11.0 Å². The maximum atomic E-state index is 5.31. The first kappa shape index (κ1) is 29.5. The van der Waals surface area contributed by atoms with E-state index in [1.165, 1.54) is 48.7 Å². The van der Waals surface area contributed by atoms with Crippen LogP contribution in [-0.4, -0.2) is 19.5 Å². The average molecular weight is 675 g/mol. The Labute approximate surface area is 305 Å². The lowest BCUT2D eigenvalue weighted by molar-refractivity contribution is 1.08. The highest BCUT2D eigenvalue weighted by molar-refractivity contribution is 6.20. The fourth-order valence-corrected chi connectivity index (χ4v) is 8.18. The molecule has 53 heavy (non-hydrogen) atoms. The van der Waals surface area contributed by atoms with Crippen LogP contribution >= 0.6 is 0 Å². The van der Waals surface area contributed by atoms with E-state index in [2.05, 4.69) is 168 Å². The topological polar surface area (TPSA) is 43.6 Å². The van der Waals surface area contributed by atoms with Crippen molar-refractivity contribution >= 4 is 64.9 Å². The molecule has 0 aliphatic heterocycles. The monoisotopic (exact) mass is 674 g/mol. The molecule has 0 radical (unpaired) electrons. The van der Waals surface area contributed by atoms with E-state index in [9.17, 15) is 0 Å². The van der Waals surface area contributed by atoms with Crippen molar-refractivity contribution in [2.24, 2.45) is 0 Å². The molecule has 4 nitrogen and oxygen atoms in total. The first-order chi connectivity index (χ1) is 26.3. The number of hydrogen-bond acceptors (Lipinski definition) is 3. The van der Waals surface area contributed by atoms with E-state index in [-0.39, 0.29) is 0 Å². The lowest BCUT2D eigenvalue weighted by Crippen LogP contribution is -2.01. The summed E-state index contributed by atoms with van der Waals surface area (Å²) < 4.78 is 2.36. The highest BCUT2D eigenvalue weighted by atomic mass is 15.0. The van der Waals surface area contributed by atoms with E-state index >= 15 is 0 Å². The van der Waals surface area contributed by atoms with Crippen LogP contribution in [0, 0.1) is 0 Å². The molecule has 0 aliphatic rings. The van der Waals surface area contributed by atoms with E-state index < -0.39 is 0 Å². The summed E-state index contributed by atoms with van der Waals surface area (Å²) in [7, 11) is 0. The molecule has 0 fully saturated rings. The highest BCUT2D eigenvalue weighted by Gasteiger charge is 2.19. The van der Waals surface area contributed by atoms with Crippen LogP contribution in [0.15, 0.2) is 182 Å². The second kappa shape index (κ2) is 11.7. The van der Waals surface area contributed by atoms with E-state index in [0.717, 1.165) is 38.5 Å². The quantitative estimate of drug-likeness (QED) is 0.175. The standard InChI is InChI=1S/C49H30N4/c1-2-14-32(15-3-1)47-50-48(52-49(51-47)44-30-43-35-17-5-4-13-31(35)25-27-39(43)37-18-6-7-19-38(37)44)42-22-12-16-33-29-34(26-28-36(33)42)53-45-23-10-8-20-40(45)41-21-9-11-24-46(41)53/h1-30H. The Balaban J connectivity index is 1.15. The molecule has 0 spiro atoms. The number of aromatic nitrogens is 4. The first-order valence-corrected chi connectivity index (χ1v) is 18.0. The summed E-state index contributed by atoms with van der Waals surface area (Å²) in [6.07, 6.45) is 0. The van der Waals surface area contributed by atoms with Gasteiger partial charge in [-0.25, -0.2) is 15.0 Å². The van der Waals surface area contributed by atoms with Crippen LogP contribution in [0.4, 0.5) is 0 Å². The van der Waals surface area contributed by atoms with Crippen molar-refractivity contribution in [3.63, 3.8) is 0 Å². The predicted molar refractivity (Wildman–Crippen MR) is 220 cm³/mol. The molecule has 2 aromatic heterocycles. The molecule has 0 aliphatic carbocycles. The van der Waals surface area contributed by atoms with Crippen LogP contribution in [0.1, 0.15) is 0 Å². The molecule has 0 unspecified atom stereocenters. The molecule has 0 atom stereocenters. The smallest absolute Gasteiger partial charge is 0.164 e. The number of nitrogens with zero attached hydrogens (tertiary/aromatic N) is 4.